The van der Waals surface area contributed by atoms with Gasteiger partial charge in [0.1, 0.15) is 11.3 Å². The molecule has 132 valence electrons. The lowest BCUT2D eigenvalue weighted by Crippen LogP contribution is -2.30. The van der Waals surface area contributed by atoms with Gasteiger partial charge in [-0.25, -0.2) is 4.79 Å². The highest BCUT2D eigenvalue weighted by molar-refractivity contribution is 6.31. The van der Waals surface area contributed by atoms with Crippen LogP contribution in [0, 0.1) is 13.8 Å². The Hall–Kier alpha value is -2.53. The maximum absolute atomic E-state index is 12.4. The molecular weight excluding hydrogens is 342 g/mol. The molecule has 0 aliphatic heterocycles. The van der Waals surface area contributed by atoms with Crippen LogP contribution in [0.25, 0.3) is 0 Å². The molecule has 0 aliphatic rings. The summed E-state index contributed by atoms with van der Waals surface area (Å²) in [5.74, 6) is -0.757. The second-order valence-electron chi connectivity index (χ2n) is 5.65. The quantitative estimate of drug-likeness (QED) is 0.812. The van der Waals surface area contributed by atoms with E-state index < -0.39 is 18.0 Å². The normalized spacial score (nSPS) is 11.6. The van der Waals surface area contributed by atoms with E-state index in [0.717, 1.165) is 16.8 Å². The van der Waals surface area contributed by atoms with Crippen molar-refractivity contribution in [3.8, 4) is 5.75 Å². The van der Waals surface area contributed by atoms with E-state index in [1.165, 1.54) is 20.1 Å². The molecule has 0 saturated heterocycles. The van der Waals surface area contributed by atoms with Crippen LogP contribution in [-0.4, -0.2) is 25.1 Å². The number of rotatable bonds is 5. The number of nitrogens with one attached hydrogen (secondary N) is 1. The number of halogens is 1. The lowest BCUT2D eigenvalue weighted by Gasteiger charge is -2.17. The predicted molar refractivity (Wildman–Crippen MR) is 97.4 cm³/mol. The lowest BCUT2D eigenvalue weighted by atomic mass is 10.1. The van der Waals surface area contributed by atoms with E-state index in [1.54, 1.807) is 12.1 Å². The molecule has 2 aromatic rings. The molecule has 1 atom stereocenters. The van der Waals surface area contributed by atoms with Crippen LogP contribution in [0.2, 0.25) is 5.02 Å². The van der Waals surface area contributed by atoms with Gasteiger partial charge >= 0.3 is 5.97 Å². The summed E-state index contributed by atoms with van der Waals surface area (Å²) in [6, 6.07) is 10.3. The number of esters is 1. The maximum Gasteiger partial charge on any atom is 0.342 e. The SMILES string of the molecule is COc1ccc(Cl)cc1C(=O)O[C@@H](C)C(=O)Nc1c(C)cccc1C. The lowest BCUT2D eigenvalue weighted by molar-refractivity contribution is -0.123. The fourth-order valence-corrected chi connectivity index (χ4v) is 2.53. The zero-order valence-electron chi connectivity index (χ0n) is 14.6. The number of hydrogen-bond acceptors (Lipinski definition) is 4. The summed E-state index contributed by atoms with van der Waals surface area (Å²) >= 11 is 5.92. The van der Waals surface area contributed by atoms with E-state index >= 15 is 0 Å². The van der Waals surface area contributed by atoms with Gasteiger partial charge in [0.05, 0.1) is 7.11 Å². The first-order valence-corrected chi connectivity index (χ1v) is 8.13. The standard InChI is InChI=1S/C19H20ClNO4/c1-11-6-5-7-12(2)17(11)21-18(22)13(3)25-19(23)15-10-14(20)8-9-16(15)24-4/h5-10,13H,1-4H3,(H,21,22)/t13-/m0/s1. The van der Waals surface area contributed by atoms with Gasteiger partial charge < -0.3 is 14.8 Å². The molecule has 2 rings (SSSR count). The van der Waals surface area contributed by atoms with Crippen LogP contribution in [0.15, 0.2) is 36.4 Å². The number of carbonyl (C=O) groups is 2. The molecule has 0 bridgehead atoms. The summed E-state index contributed by atoms with van der Waals surface area (Å²) in [7, 11) is 1.44. The Morgan fingerprint density at radius 3 is 2.36 bits per heavy atom. The fraction of sp³-hybridized carbons (Fsp3) is 0.263. The van der Waals surface area contributed by atoms with E-state index in [0.29, 0.717) is 10.8 Å². The number of aryl methyl sites for hydroxylation is 2. The van der Waals surface area contributed by atoms with Crippen molar-refractivity contribution < 1.29 is 19.1 Å². The third-order valence-electron chi connectivity index (χ3n) is 3.76. The Morgan fingerprint density at radius 2 is 1.76 bits per heavy atom. The average Bonchev–Trinajstić information content (AvgIpc) is 2.57. The van der Waals surface area contributed by atoms with Gasteiger partial charge in [-0.15, -0.1) is 0 Å². The molecule has 0 radical (unpaired) electrons. The fourth-order valence-electron chi connectivity index (χ4n) is 2.35. The van der Waals surface area contributed by atoms with Crippen LogP contribution in [0.4, 0.5) is 5.69 Å². The monoisotopic (exact) mass is 361 g/mol. The summed E-state index contributed by atoms with van der Waals surface area (Å²) in [6.07, 6.45) is -0.977. The van der Waals surface area contributed by atoms with Gasteiger partial charge in [0.15, 0.2) is 6.10 Å². The Morgan fingerprint density at radius 1 is 1.12 bits per heavy atom. The first-order valence-electron chi connectivity index (χ1n) is 7.75. The summed E-state index contributed by atoms with van der Waals surface area (Å²) in [5.41, 5.74) is 2.75. The minimum Gasteiger partial charge on any atom is -0.496 e. The second-order valence-corrected chi connectivity index (χ2v) is 6.08. The summed E-state index contributed by atoms with van der Waals surface area (Å²) < 4.78 is 10.4. The van der Waals surface area contributed by atoms with Crippen LogP contribution in [0.5, 0.6) is 5.75 Å². The van der Waals surface area contributed by atoms with Gasteiger partial charge in [-0.3, -0.25) is 4.79 Å². The van der Waals surface area contributed by atoms with E-state index in [9.17, 15) is 9.59 Å². The number of methoxy groups -OCH3 is 1. The average molecular weight is 362 g/mol. The second kappa shape index (κ2) is 8.03. The van der Waals surface area contributed by atoms with Crippen LogP contribution < -0.4 is 10.1 Å². The molecule has 0 heterocycles. The minimum absolute atomic E-state index is 0.168. The maximum atomic E-state index is 12.4. The smallest absolute Gasteiger partial charge is 0.342 e. The Kier molecular flexibility index (Phi) is 6.04. The van der Waals surface area contributed by atoms with Crippen molar-refractivity contribution in [2.75, 3.05) is 12.4 Å². The van der Waals surface area contributed by atoms with Gasteiger partial charge in [-0.05, 0) is 50.1 Å². The number of anilines is 1. The summed E-state index contributed by atoms with van der Waals surface area (Å²) in [6.45, 7) is 5.31. The van der Waals surface area contributed by atoms with Gasteiger partial charge in [0.25, 0.3) is 5.91 Å². The molecule has 6 heteroatoms. The third kappa shape index (κ3) is 4.51. The summed E-state index contributed by atoms with van der Waals surface area (Å²) in [4.78, 5) is 24.7. The van der Waals surface area contributed by atoms with E-state index in [2.05, 4.69) is 5.32 Å². The highest BCUT2D eigenvalue weighted by Gasteiger charge is 2.22. The summed E-state index contributed by atoms with van der Waals surface area (Å²) in [5, 5.41) is 3.18. The third-order valence-corrected chi connectivity index (χ3v) is 4.00. The number of amides is 1. The molecule has 25 heavy (non-hydrogen) atoms. The molecule has 2 aromatic carbocycles. The Labute approximate surface area is 151 Å². The topological polar surface area (TPSA) is 64.6 Å². The van der Waals surface area contributed by atoms with Crippen molar-refractivity contribution in [3.63, 3.8) is 0 Å². The minimum atomic E-state index is -0.977. The molecule has 0 unspecified atom stereocenters. The van der Waals surface area contributed by atoms with Crippen LogP contribution in [0.3, 0.4) is 0 Å². The molecule has 1 N–H and O–H groups in total. The number of hydrogen-bond donors (Lipinski definition) is 1. The van der Waals surface area contributed by atoms with Crippen molar-refractivity contribution >= 4 is 29.2 Å². The first kappa shape index (κ1) is 18.8. The van der Waals surface area contributed by atoms with Crippen molar-refractivity contribution in [2.45, 2.75) is 26.9 Å². The van der Waals surface area contributed by atoms with E-state index in [4.69, 9.17) is 21.1 Å². The van der Waals surface area contributed by atoms with Crippen LogP contribution >= 0.6 is 11.6 Å². The van der Waals surface area contributed by atoms with Gasteiger partial charge in [0, 0.05) is 10.7 Å². The van der Waals surface area contributed by atoms with Crippen molar-refractivity contribution in [2.24, 2.45) is 0 Å². The van der Waals surface area contributed by atoms with E-state index in [-0.39, 0.29) is 5.56 Å². The number of benzene rings is 2. The molecule has 5 nitrogen and oxygen atoms in total. The van der Waals surface area contributed by atoms with Crippen molar-refractivity contribution in [1.82, 2.24) is 0 Å². The molecule has 0 spiro atoms. The van der Waals surface area contributed by atoms with Gasteiger partial charge in [0.2, 0.25) is 0 Å². The first-order chi connectivity index (χ1) is 11.8. The number of ether oxygens (including phenoxy) is 2. The Bertz CT molecular complexity index is 784. The molecule has 0 aliphatic carbocycles. The van der Waals surface area contributed by atoms with Gasteiger partial charge in [-0.2, -0.15) is 0 Å². The van der Waals surface area contributed by atoms with Crippen molar-refractivity contribution in [3.05, 3.63) is 58.1 Å². The van der Waals surface area contributed by atoms with Crippen LogP contribution in [0.1, 0.15) is 28.4 Å². The highest BCUT2D eigenvalue weighted by atomic mass is 35.5. The van der Waals surface area contributed by atoms with Crippen LogP contribution in [-0.2, 0) is 9.53 Å². The molecule has 0 fully saturated rings. The Balaban J connectivity index is 2.11. The zero-order chi connectivity index (χ0) is 18.6. The molecular formula is C19H20ClNO4. The highest BCUT2D eigenvalue weighted by Crippen LogP contribution is 2.24. The van der Waals surface area contributed by atoms with E-state index in [1.807, 2.05) is 32.0 Å². The predicted octanol–water partition coefficient (Wildman–Crippen LogP) is 4.15. The zero-order valence-corrected chi connectivity index (χ0v) is 15.3. The van der Waals surface area contributed by atoms with Gasteiger partial charge in [-0.1, -0.05) is 29.8 Å². The number of carbonyl (C=O) groups excluding carboxylic acids is 2. The molecule has 0 aromatic heterocycles. The van der Waals surface area contributed by atoms with Crippen molar-refractivity contribution in [1.29, 1.82) is 0 Å². The largest absolute Gasteiger partial charge is 0.496 e. The molecule has 0 saturated carbocycles. The molecule has 1 amide bonds. The number of para-hydroxylation sites is 1.